The largest absolute Gasteiger partial charge is 0.381 e. The predicted octanol–water partition coefficient (Wildman–Crippen LogP) is 2.88. The van der Waals surface area contributed by atoms with E-state index < -0.39 is 9.84 Å². The van der Waals surface area contributed by atoms with Gasteiger partial charge >= 0.3 is 0 Å². The van der Waals surface area contributed by atoms with Crippen LogP contribution in [-0.2, 0) is 16.3 Å². The second-order valence-corrected chi connectivity index (χ2v) is 7.79. The number of para-hydroxylation sites is 1. The maximum atomic E-state index is 11.6. The second-order valence-electron chi connectivity index (χ2n) is 5.56. The molecule has 1 N–H and O–H groups in total. The fourth-order valence-corrected chi connectivity index (χ4v) is 4.43. The summed E-state index contributed by atoms with van der Waals surface area (Å²) >= 11 is 0. The molecular formula is C17H19NO2S. The van der Waals surface area contributed by atoms with Crippen molar-refractivity contribution in [3.63, 3.8) is 0 Å². The van der Waals surface area contributed by atoms with Crippen molar-refractivity contribution < 1.29 is 8.42 Å². The maximum absolute atomic E-state index is 11.6. The van der Waals surface area contributed by atoms with E-state index in [1.165, 1.54) is 11.1 Å². The van der Waals surface area contributed by atoms with E-state index in [9.17, 15) is 8.42 Å². The Hall–Kier alpha value is -1.81. The molecule has 110 valence electrons. The first-order valence-corrected chi connectivity index (χ1v) is 9.03. The van der Waals surface area contributed by atoms with E-state index in [1.54, 1.807) is 0 Å². The minimum absolute atomic E-state index is 0.0342. The molecule has 0 saturated carbocycles. The van der Waals surface area contributed by atoms with Crippen molar-refractivity contribution in [3.05, 3.63) is 65.7 Å². The molecule has 1 atom stereocenters. The first-order valence-electron chi connectivity index (χ1n) is 7.21. The molecule has 1 unspecified atom stereocenters. The molecule has 1 heterocycles. The van der Waals surface area contributed by atoms with Crippen molar-refractivity contribution in [2.45, 2.75) is 18.9 Å². The highest BCUT2D eigenvalue weighted by Gasteiger charge is 2.27. The van der Waals surface area contributed by atoms with E-state index in [-0.39, 0.29) is 11.8 Å². The number of hydrogen-bond donors (Lipinski definition) is 1. The molecule has 0 aliphatic carbocycles. The van der Waals surface area contributed by atoms with Crippen molar-refractivity contribution >= 4 is 15.5 Å². The number of sulfone groups is 1. The Morgan fingerprint density at radius 2 is 1.71 bits per heavy atom. The summed E-state index contributed by atoms with van der Waals surface area (Å²) in [6.07, 6.45) is 1.55. The molecule has 0 radical (unpaired) electrons. The summed E-state index contributed by atoms with van der Waals surface area (Å²) in [4.78, 5) is 0. The van der Waals surface area contributed by atoms with Gasteiger partial charge in [-0.1, -0.05) is 48.5 Å². The summed E-state index contributed by atoms with van der Waals surface area (Å²) in [5.74, 6) is 0.540. The van der Waals surface area contributed by atoms with E-state index in [1.807, 2.05) is 36.4 Å². The molecule has 1 saturated heterocycles. The highest BCUT2D eigenvalue weighted by Crippen LogP contribution is 2.23. The van der Waals surface area contributed by atoms with Gasteiger partial charge in [-0.2, -0.15) is 0 Å². The van der Waals surface area contributed by atoms with Crippen molar-refractivity contribution in [1.82, 2.24) is 0 Å². The third kappa shape index (κ3) is 3.64. The van der Waals surface area contributed by atoms with E-state index >= 15 is 0 Å². The molecule has 0 bridgehead atoms. The van der Waals surface area contributed by atoms with Crippen LogP contribution >= 0.6 is 0 Å². The zero-order valence-corrected chi connectivity index (χ0v) is 12.6. The lowest BCUT2D eigenvalue weighted by Crippen LogP contribution is -2.21. The summed E-state index contributed by atoms with van der Waals surface area (Å²) in [6, 6.07) is 18.5. The maximum Gasteiger partial charge on any atom is 0.152 e. The molecule has 3 rings (SSSR count). The molecule has 0 aromatic heterocycles. The number of benzene rings is 2. The fraction of sp³-hybridized carbons (Fsp3) is 0.294. The van der Waals surface area contributed by atoms with Crippen LogP contribution in [0.5, 0.6) is 0 Å². The van der Waals surface area contributed by atoms with E-state index in [0.29, 0.717) is 12.2 Å². The lowest BCUT2D eigenvalue weighted by atomic mass is 10.0. The van der Waals surface area contributed by atoms with Crippen LogP contribution in [0.15, 0.2) is 54.6 Å². The van der Waals surface area contributed by atoms with Gasteiger partial charge in [0, 0.05) is 11.7 Å². The van der Waals surface area contributed by atoms with E-state index in [2.05, 4.69) is 23.5 Å². The fourth-order valence-electron chi connectivity index (χ4n) is 2.76. The first-order chi connectivity index (χ1) is 10.1. The van der Waals surface area contributed by atoms with Crippen LogP contribution in [-0.4, -0.2) is 26.0 Å². The van der Waals surface area contributed by atoms with Crippen LogP contribution in [0.4, 0.5) is 5.69 Å². The number of rotatable bonds is 4. The zero-order chi connectivity index (χ0) is 14.7. The molecular weight excluding hydrogens is 282 g/mol. The first kappa shape index (κ1) is 14.1. The normalized spacial score (nSPS) is 20.3. The van der Waals surface area contributed by atoms with Gasteiger partial charge in [-0.25, -0.2) is 8.42 Å². The van der Waals surface area contributed by atoms with Crippen molar-refractivity contribution in [1.29, 1.82) is 0 Å². The van der Waals surface area contributed by atoms with Crippen LogP contribution in [0.3, 0.4) is 0 Å². The third-order valence-corrected chi connectivity index (χ3v) is 5.61. The van der Waals surface area contributed by atoms with Gasteiger partial charge in [-0.05, 0) is 30.0 Å². The topological polar surface area (TPSA) is 46.2 Å². The van der Waals surface area contributed by atoms with E-state index in [0.717, 1.165) is 12.1 Å². The Labute approximate surface area is 125 Å². The SMILES string of the molecule is O=S1(=O)CCC(Nc2ccccc2Cc2ccccc2)C1. The van der Waals surface area contributed by atoms with Gasteiger partial charge in [0.1, 0.15) is 0 Å². The summed E-state index contributed by atoms with van der Waals surface area (Å²) < 4.78 is 23.1. The lowest BCUT2D eigenvalue weighted by molar-refractivity contribution is 0.602. The smallest absolute Gasteiger partial charge is 0.152 e. The van der Waals surface area contributed by atoms with Gasteiger partial charge in [-0.15, -0.1) is 0 Å². The zero-order valence-electron chi connectivity index (χ0n) is 11.8. The van der Waals surface area contributed by atoms with Crippen molar-refractivity contribution in [2.24, 2.45) is 0 Å². The Morgan fingerprint density at radius 1 is 1.00 bits per heavy atom. The molecule has 21 heavy (non-hydrogen) atoms. The number of anilines is 1. The van der Waals surface area contributed by atoms with Crippen LogP contribution in [0.2, 0.25) is 0 Å². The molecule has 1 fully saturated rings. The molecule has 3 nitrogen and oxygen atoms in total. The lowest BCUT2D eigenvalue weighted by Gasteiger charge is -2.16. The summed E-state index contributed by atoms with van der Waals surface area (Å²) in [5, 5.41) is 3.41. The standard InChI is InChI=1S/C17H19NO2S/c19-21(20)11-10-16(13-21)18-17-9-5-4-8-15(17)12-14-6-2-1-3-7-14/h1-9,16,18H,10-13H2. The Balaban J connectivity index is 1.77. The van der Waals surface area contributed by atoms with Crippen LogP contribution < -0.4 is 5.32 Å². The molecule has 1 aliphatic heterocycles. The predicted molar refractivity (Wildman–Crippen MR) is 86.4 cm³/mol. The number of nitrogens with one attached hydrogen (secondary N) is 1. The summed E-state index contributed by atoms with van der Waals surface area (Å²) in [5.41, 5.74) is 3.50. The molecule has 2 aromatic carbocycles. The van der Waals surface area contributed by atoms with Gasteiger partial charge in [0.25, 0.3) is 0 Å². The third-order valence-electron chi connectivity index (χ3n) is 3.85. The summed E-state index contributed by atoms with van der Waals surface area (Å²) in [6.45, 7) is 0. The molecule has 0 amide bonds. The molecule has 2 aromatic rings. The van der Waals surface area contributed by atoms with E-state index in [4.69, 9.17) is 0 Å². The Morgan fingerprint density at radius 3 is 2.43 bits per heavy atom. The second kappa shape index (κ2) is 5.90. The monoisotopic (exact) mass is 301 g/mol. The average molecular weight is 301 g/mol. The van der Waals surface area contributed by atoms with Gasteiger partial charge in [-0.3, -0.25) is 0 Å². The van der Waals surface area contributed by atoms with Crippen molar-refractivity contribution in [2.75, 3.05) is 16.8 Å². The van der Waals surface area contributed by atoms with Crippen molar-refractivity contribution in [3.8, 4) is 0 Å². The van der Waals surface area contributed by atoms with Gasteiger partial charge in [0.15, 0.2) is 9.84 Å². The molecule has 1 aliphatic rings. The summed E-state index contributed by atoms with van der Waals surface area (Å²) in [7, 11) is -2.85. The highest BCUT2D eigenvalue weighted by molar-refractivity contribution is 7.91. The Kier molecular flexibility index (Phi) is 3.97. The number of hydrogen-bond acceptors (Lipinski definition) is 3. The van der Waals surface area contributed by atoms with Gasteiger partial charge < -0.3 is 5.32 Å². The average Bonchev–Trinajstić information content (AvgIpc) is 2.81. The van der Waals surface area contributed by atoms with Crippen LogP contribution in [0.1, 0.15) is 17.5 Å². The quantitative estimate of drug-likeness (QED) is 0.944. The van der Waals surface area contributed by atoms with Crippen LogP contribution in [0.25, 0.3) is 0 Å². The molecule has 4 heteroatoms. The molecule has 0 spiro atoms. The van der Waals surface area contributed by atoms with Crippen LogP contribution in [0, 0.1) is 0 Å². The minimum Gasteiger partial charge on any atom is -0.381 e. The van der Waals surface area contributed by atoms with Gasteiger partial charge in [0.05, 0.1) is 11.5 Å². The highest BCUT2D eigenvalue weighted by atomic mass is 32.2. The minimum atomic E-state index is -2.85. The van der Waals surface area contributed by atoms with Gasteiger partial charge in [0.2, 0.25) is 0 Å². The Bertz CT molecular complexity index is 711.